The van der Waals surface area contributed by atoms with Gasteiger partial charge in [-0.2, -0.15) is 0 Å². The minimum Gasteiger partial charge on any atom is -0.381 e. The molecule has 2 aromatic carbocycles. The summed E-state index contributed by atoms with van der Waals surface area (Å²) in [7, 11) is 0. The van der Waals surface area contributed by atoms with E-state index in [0.717, 1.165) is 48.6 Å². The molecule has 0 bridgehead atoms. The summed E-state index contributed by atoms with van der Waals surface area (Å²) in [6.07, 6.45) is 2.17. The predicted octanol–water partition coefficient (Wildman–Crippen LogP) is 5.31. The number of nitrogens with one attached hydrogen (secondary N) is 1. The van der Waals surface area contributed by atoms with E-state index in [2.05, 4.69) is 66.6 Å². The van der Waals surface area contributed by atoms with E-state index in [1.54, 1.807) is 0 Å². The van der Waals surface area contributed by atoms with E-state index in [0.29, 0.717) is 5.92 Å². The maximum atomic E-state index is 5.52. The molecule has 1 N–H and O–H groups in total. The maximum Gasteiger partial charge on any atom is 0.138 e. The van der Waals surface area contributed by atoms with Crippen molar-refractivity contribution in [3.05, 3.63) is 65.0 Å². The number of rotatable bonds is 4. The summed E-state index contributed by atoms with van der Waals surface area (Å²) in [5, 5.41) is 4.72. The lowest BCUT2D eigenvalue weighted by molar-refractivity contribution is 0.0853. The van der Waals surface area contributed by atoms with E-state index in [1.807, 2.05) is 6.92 Å². The van der Waals surface area contributed by atoms with Crippen LogP contribution in [-0.4, -0.2) is 23.2 Å². The number of hydrogen-bond acceptors (Lipinski definition) is 4. The molecule has 1 fully saturated rings. The van der Waals surface area contributed by atoms with Crippen LogP contribution in [0.25, 0.3) is 10.9 Å². The van der Waals surface area contributed by atoms with Gasteiger partial charge in [0.1, 0.15) is 11.6 Å². The van der Waals surface area contributed by atoms with Gasteiger partial charge in [-0.05, 0) is 62.8 Å². The first-order valence-corrected chi connectivity index (χ1v) is 9.79. The van der Waals surface area contributed by atoms with Gasteiger partial charge in [-0.1, -0.05) is 35.9 Å². The van der Waals surface area contributed by atoms with Crippen molar-refractivity contribution in [1.29, 1.82) is 0 Å². The molecule has 1 aliphatic rings. The number of nitrogens with zero attached hydrogens (tertiary/aromatic N) is 2. The van der Waals surface area contributed by atoms with Crippen molar-refractivity contribution in [3.8, 4) is 0 Å². The molecule has 0 saturated carbocycles. The molecule has 140 valence electrons. The summed E-state index contributed by atoms with van der Waals surface area (Å²) in [6, 6.07) is 15.4. The molecule has 1 atom stereocenters. The SMILES string of the molecule is Cc1cccc([C@@H](C)Nc2nc(C)nc3ccc(C4CCOCC4)cc23)c1. The largest absolute Gasteiger partial charge is 0.381 e. The van der Waals surface area contributed by atoms with Crippen LogP contribution in [0, 0.1) is 13.8 Å². The van der Waals surface area contributed by atoms with Crippen LogP contribution < -0.4 is 5.32 Å². The third kappa shape index (κ3) is 3.96. The first kappa shape index (κ1) is 17.9. The molecule has 27 heavy (non-hydrogen) atoms. The van der Waals surface area contributed by atoms with Crippen molar-refractivity contribution in [2.45, 2.75) is 45.6 Å². The van der Waals surface area contributed by atoms with Gasteiger partial charge < -0.3 is 10.1 Å². The minimum absolute atomic E-state index is 0.175. The Balaban J connectivity index is 1.69. The van der Waals surface area contributed by atoms with E-state index in [1.165, 1.54) is 16.7 Å². The highest BCUT2D eigenvalue weighted by Gasteiger charge is 2.18. The van der Waals surface area contributed by atoms with Gasteiger partial charge in [0.05, 0.1) is 5.52 Å². The molecule has 4 rings (SSSR count). The summed E-state index contributed by atoms with van der Waals surface area (Å²) in [4.78, 5) is 9.37. The Morgan fingerprint density at radius 1 is 1.04 bits per heavy atom. The lowest BCUT2D eigenvalue weighted by atomic mass is 9.91. The number of aromatic nitrogens is 2. The average Bonchev–Trinajstić information content (AvgIpc) is 2.68. The Morgan fingerprint density at radius 3 is 2.63 bits per heavy atom. The van der Waals surface area contributed by atoms with Crippen LogP contribution in [0.5, 0.6) is 0 Å². The first-order chi connectivity index (χ1) is 13.1. The van der Waals surface area contributed by atoms with Crippen LogP contribution in [0.1, 0.15) is 54.2 Å². The van der Waals surface area contributed by atoms with Crippen molar-refractivity contribution >= 4 is 16.7 Å². The molecule has 0 radical (unpaired) electrons. The van der Waals surface area contributed by atoms with E-state index in [9.17, 15) is 0 Å². The van der Waals surface area contributed by atoms with Gasteiger partial charge in [0.2, 0.25) is 0 Å². The van der Waals surface area contributed by atoms with Gasteiger partial charge in [0.25, 0.3) is 0 Å². The van der Waals surface area contributed by atoms with E-state index in [4.69, 9.17) is 9.72 Å². The third-order valence-corrected chi connectivity index (χ3v) is 5.42. The maximum absolute atomic E-state index is 5.52. The second-order valence-corrected chi connectivity index (χ2v) is 7.56. The fourth-order valence-electron chi connectivity index (χ4n) is 3.88. The molecule has 4 nitrogen and oxygen atoms in total. The lowest BCUT2D eigenvalue weighted by Gasteiger charge is -2.23. The summed E-state index contributed by atoms with van der Waals surface area (Å²) in [5.41, 5.74) is 4.90. The monoisotopic (exact) mass is 361 g/mol. The average molecular weight is 361 g/mol. The lowest BCUT2D eigenvalue weighted by Crippen LogP contribution is -2.14. The standard InChI is InChI=1S/C23H27N3O/c1-15-5-4-6-19(13-15)16(2)24-23-21-14-20(18-9-11-27-12-10-18)7-8-22(21)25-17(3)26-23/h4-8,13-14,16,18H,9-12H2,1-3H3,(H,24,25,26)/t16-/m1/s1. The second kappa shape index (κ2) is 7.65. The van der Waals surface area contributed by atoms with Crippen molar-refractivity contribution in [1.82, 2.24) is 9.97 Å². The molecule has 1 aromatic heterocycles. The molecular weight excluding hydrogens is 334 g/mol. The first-order valence-electron chi connectivity index (χ1n) is 9.79. The fraction of sp³-hybridized carbons (Fsp3) is 0.391. The number of aryl methyl sites for hydroxylation is 2. The van der Waals surface area contributed by atoms with Gasteiger partial charge in [-0.3, -0.25) is 0 Å². The Bertz CT molecular complexity index is 948. The van der Waals surface area contributed by atoms with Crippen molar-refractivity contribution in [2.75, 3.05) is 18.5 Å². The van der Waals surface area contributed by atoms with Gasteiger partial charge >= 0.3 is 0 Å². The highest BCUT2D eigenvalue weighted by molar-refractivity contribution is 5.90. The number of hydrogen-bond donors (Lipinski definition) is 1. The zero-order chi connectivity index (χ0) is 18.8. The topological polar surface area (TPSA) is 47.0 Å². The van der Waals surface area contributed by atoms with Gasteiger partial charge in [-0.15, -0.1) is 0 Å². The fourth-order valence-corrected chi connectivity index (χ4v) is 3.88. The summed E-state index contributed by atoms with van der Waals surface area (Å²) >= 11 is 0. The van der Waals surface area contributed by atoms with E-state index < -0.39 is 0 Å². The highest BCUT2D eigenvalue weighted by Crippen LogP contribution is 2.32. The molecule has 0 unspecified atom stereocenters. The quantitative estimate of drug-likeness (QED) is 0.684. The highest BCUT2D eigenvalue weighted by atomic mass is 16.5. The van der Waals surface area contributed by atoms with Crippen LogP contribution in [0.3, 0.4) is 0 Å². The van der Waals surface area contributed by atoms with Crippen LogP contribution in [0.2, 0.25) is 0 Å². The van der Waals surface area contributed by atoms with Crippen molar-refractivity contribution in [2.24, 2.45) is 0 Å². The number of ether oxygens (including phenoxy) is 1. The van der Waals surface area contributed by atoms with Crippen LogP contribution in [0.4, 0.5) is 5.82 Å². The second-order valence-electron chi connectivity index (χ2n) is 7.56. The molecule has 4 heteroatoms. The number of benzene rings is 2. The summed E-state index contributed by atoms with van der Waals surface area (Å²) < 4.78 is 5.52. The summed E-state index contributed by atoms with van der Waals surface area (Å²) in [6.45, 7) is 7.96. The molecule has 0 aliphatic carbocycles. The van der Waals surface area contributed by atoms with E-state index >= 15 is 0 Å². The molecular formula is C23H27N3O. The molecule has 2 heterocycles. The Hall–Kier alpha value is -2.46. The number of anilines is 1. The van der Waals surface area contributed by atoms with Crippen LogP contribution in [-0.2, 0) is 4.74 Å². The molecule has 0 amide bonds. The zero-order valence-corrected chi connectivity index (χ0v) is 16.3. The van der Waals surface area contributed by atoms with Gasteiger partial charge in [0, 0.05) is 24.6 Å². The smallest absolute Gasteiger partial charge is 0.138 e. The predicted molar refractivity (Wildman–Crippen MR) is 110 cm³/mol. The van der Waals surface area contributed by atoms with Crippen molar-refractivity contribution < 1.29 is 4.74 Å². The van der Waals surface area contributed by atoms with E-state index in [-0.39, 0.29) is 6.04 Å². The van der Waals surface area contributed by atoms with Crippen LogP contribution in [0.15, 0.2) is 42.5 Å². The van der Waals surface area contributed by atoms with Crippen LogP contribution >= 0.6 is 0 Å². The Morgan fingerprint density at radius 2 is 1.85 bits per heavy atom. The Kier molecular flexibility index (Phi) is 5.08. The molecule has 3 aromatic rings. The molecule has 0 spiro atoms. The van der Waals surface area contributed by atoms with Gasteiger partial charge in [-0.25, -0.2) is 9.97 Å². The minimum atomic E-state index is 0.175. The Labute approximate surface area is 161 Å². The van der Waals surface area contributed by atoms with Gasteiger partial charge in [0.15, 0.2) is 0 Å². The molecule has 1 saturated heterocycles. The third-order valence-electron chi connectivity index (χ3n) is 5.42. The summed E-state index contributed by atoms with van der Waals surface area (Å²) in [5.74, 6) is 2.27. The zero-order valence-electron chi connectivity index (χ0n) is 16.3. The number of fused-ring (bicyclic) bond motifs is 1. The normalized spacial score (nSPS) is 16.4. The van der Waals surface area contributed by atoms with Crippen molar-refractivity contribution in [3.63, 3.8) is 0 Å². The molecule has 1 aliphatic heterocycles.